The van der Waals surface area contributed by atoms with Crippen molar-refractivity contribution in [2.75, 3.05) is 5.32 Å². The monoisotopic (exact) mass is 327 g/mol. The number of rotatable bonds is 5. The molecule has 2 aromatic rings. The number of halogens is 1. The van der Waals surface area contributed by atoms with Crippen molar-refractivity contribution in [2.24, 2.45) is 5.41 Å². The van der Waals surface area contributed by atoms with E-state index in [0.29, 0.717) is 23.6 Å². The SMILES string of the molecule is O=C(Nc1ccc(Cl)cc1)C1(C(O)/C=C/c2ccccc2)CC1. The van der Waals surface area contributed by atoms with Crippen LogP contribution in [0.4, 0.5) is 5.69 Å². The van der Waals surface area contributed by atoms with Gasteiger partial charge in [-0.25, -0.2) is 0 Å². The summed E-state index contributed by atoms with van der Waals surface area (Å²) in [5.41, 5.74) is 0.968. The maximum absolute atomic E-state index is 12.5. The molecule has 0 spiro atoms. The number of anilines is 1. The minimum absolute atomic E-state index is 0.148. The maximum Gasteiger partial charge on any atom is 0.233 e. The molecular weight excluding hydrogens is 310 g/mol. The molecule has 1 fully saturated rings. The Morgan fingerprint density at radius 2 is 1.78 bits per heavy atom. The third kappa shape index (κ3) is 3.63. The molecule has 3 nitrogen and oxygen atoms in total. The van der Waals surface area contributed by atoms with Crippen LogP contribution in [0.1, 0.15) is 18.4 Å². The zero-order chi connectivity index (χ0) is 16.3. The van der Waals surface area contributed by atoms with Crippen LogP contribution in [0.5, 0.6) is 0 Å². The maximum atomic E-state index is 12.5. The van der Waals surface area contributed by atoms with E-state index in [9.17, 15) is 9.90 Å². The van der Waals surface area contributed by atoms with E-state index in [-0.39, 0.29) is 5.91 Å². The molecule has 0 aromatic heterocycles. The molecule has 1 unspecified atom stereocenters. The fourth-order valence-corrected chi connectivity index (χ4v) is 2.66. The normalized spacial score (nSPS) is 17.0. The molecule has 1 saturated carbocycles. The Kier molecular flexibility index (Phi) is 4.51. The van der Waals surface area contributed by atoms with E-state index in [1.165, 1.54) is 0 Å². The lowest BCUT2D eigenvalue weighted by Gasteiger charge is -2.19. The van der Waals surface area contributed by atoms with Crippen molar-refractivity contribution >= 4 is 29.3 Å². The second-order valence-corrected chi connectivity index (χ2v) is 6.27. The molecule has 2 aromatic carbocycles. The van der Waals surface area contributed by atoms with E-state index in [0.717, 1.165) is 5.56 Å². The molecular formula is C19H18ClNO2. The molecule has 1 aliphatic carbocycles. The highest BCUT2D eigenvalue weighted by Crippen LogP contribution is 2.50. The number of carbonyl (C=O) groups excluding carboxylic acids is 1. The molecule has 0 bridgehead atoms. The van der Waals surface area contributed by atoms with Crippen molar-refractivity contribution < 1.29 is 9.90 Å². The van der Waals surface area contributed by atoms with Gasteiger partial charge in [-0.2, -0.15) is 0 Å². The summed E-state index contributed by atoms with van der Waals surface area (Å²) in [7, 11) is 0. The van der Waals surface area contributed by atoms with Crippen LogP contribution in [-0.2, 0) is 4.79 Å². The molecule has 0 saturated heterocycles. The summed E-state index contributed by atoms with van der Waals surface area (Å²) < 4.78 is 0. The van der Waals surface area contributed by atoms with E-state index in [1.807, 2.05) is 36.4 Å². The van der Waals surface area contributed by atoms with Gasteiger partial charge in [0.25, 0.3) is 0 Å². The molecule has 2 N–H and O–H groups in total. The van der Waals surface area contributed by atoms with Crippen LogP contribution >= 0.6 is 11.6 Å². The van der Waals surface area contributed by atoms with Gasteiger partial charge in [0.1, 0.15) is 0 Å². The topological polar surface area (TPSA) is 49.3 Å². The second kappa shape index (κ2) is 6.57. The molecule has 3 rings (SSSR count). The summed E-state index contributed by atoms with van der Waals surface area (Å²) in [4.78, 5) is 12.5. The van der Waals surface area contributed by atoms with Gasteiger partial charge in [-0.3, -0.25) is 4.79 Å². The summed E-state index contributed by atoms with van der Waals surface area (Å²) in [5.74, 6) is -0.148. The average molecular weight is 328 g/mol. The molecule has 1 amide bonds. The Hall–Kier alpha value is -2.10. The third-order valence-corrected chi connectivity index (χ3v) is 4.43. The second-order valence-electron chi connectivity index (χ2n) is 5.83. The van der Waals surface area contributed by atoms with Crippen molar-refractivity contribution in [3.8, 4) is 0 Å². The fourth-order valence-electron chi connectivity index (χ4n) is 2.53. The predicted octanol–water partition coefficient (Wildman–Crippen LogP) is 4.13. The van der Waals surface area contributed by atoms with Gasteiger partial charge in [0.15, 0.2) is 0 Å². The number of aliphatic hydroxyl groups excluding tert-OH is 1. The predicted molar refractivity (Wildman–Crippen MR) is 93.2 cm³/mol. The van der Waals surface area contributed by atoms with E-state index in [4.69, 9.17) is 11.6 Å². The van der Waals surface area contributed by atoms with Gasteiger partial charge in [-0.15, -0.1) is 0 Å². The highest BCUT2D eigenvalue weighted by atomic mass is 35.5. The zero-order valence-electron chi connectivity index (χ0n) is 12.6. The number of benzene rings is 2. The van der Waals surface area contributed by atoms with Crippen molar-refractivity contribution in [2.45, 2.75) is 18.9 Å². The number of carbonyl (C=O) groups is 1. The minimum atomic E-state index is -0.796. The number of aliphatic hydroxyl groups is 1. The number of hydrogen-bond donors (Lipinski definition) is 2. The van der Waals surface area contributed by atoms with Crippen LogP contribution in [0.3, 0.4) is 0 Å². The molecule has 4 heteroatoms. The Balaban J connectivity index is 1.67. The third-order valence-electron chi connectivity index (χ3n) is 4.18. The Morgan fingerprint density at radius 1 is 1.13 bits per heavy atom. The van der Waals surface area contributed by atoms with Crippen LogP contribution in [-0.4, -0.2) is 17.1 Å². The summed E-state index contributed by atoms with van der Waals surface area (Å²) in [5, 5.41) is 13.9. The van der Waals surface area contributed by atoms with Crippen LogP contribution in [0, 0.1) is 5.41 Å². The lowest BCUT2D eigenvalue weighted by atomic mass is 9.96. The Morgan fingerprint density at radius 3 is 2.39 bits per heavy atom. The first kappa shape index (κ1) is 15.8. The first-order valence-corrected chi connectivity index (χ1v) is 7.96. The van der Waals surface area contributed by atoms with Gasteiger partial charge in [0.05, 0.1) is 11.5 Å². The lowest BCUT2D eigenvalue weighted by Crippen LogP contribution is -2.33. The smallest absolute Gasteiger partial charge is 0.233 e. The van der Waals surface area contributed by atoms with Gasteiger partial charge in [-0.1, -0.05) is 54.1 Å². The highest BCUT2D eigenvalue weighted by Gasteiger charge is 2.54. The first-order valence-electron chi connectivity index (χ1n) is 7.58. The lowest BCUT2D eigenvalue weighted by molar-refractivity contribution is -0.124. The van der Waals surface area contributed by atoms with Crippen molar-refractivity contribution in [3.05, 3.63) is 71.3 Å². The van der Waals surface area contributed by atoms with Crippen LogP contribution < -0.4 is 5.32 Å². The summed E-state index contributed by atoms with van der Waals surface area (Å²) in [6.07, 6.45) is 4.12. The molecule has 118 valence electrons. The standard InChI is InChI=1S/C19H18ClNO2/c20-15-7-9-16(10-8-15)21-18(23)19(12-13-19)17(22)11-6-14-4-2-1-3-5-14/h1-11,17,22H,12-13H2,(H,21,23)/b11-6+. The van der Waals surface area contributed by atoms with E-state index >= 15 is 0 Å². The molecule has 1 atom stereocenters. The Labute approximate surface area is 140 Å². The average Bonchev–Trinajstić information content (AvgIpc) is 3.38. The number of hydrogen-bond acceptors (Lipinski definition) is 2. The number of nitrogens with one attached hydrogen (secondary N) is 1. The van der Waals surface area contributed by atoms with Crippen molar-refractivity contribution in [1.29, 1.82) is 0 Å². The van der Waals surface area contributed by atoms with Crippen LogP contribution in [0.2, 0.25) is 5.02 Å². The molecule has 23 heavy (non-hydrogen) atoms. The fraction of sp³-hybridized carbons (Fsp3) is 0.211. The van der Waals surface area contributed by atoms with Crippen molar-refractivity contribution in [3.63, 3.8) is 0 Å². The molecule has 0 radical (unpaired) electrons. The van der Waals surface area contributed by atoms with Gasteiger partial charge >= 0.3 is 0 Å². The minimum Gasteiger partial charge on any atom is -0.388 e. The zero-order valence-corrected chi connectivity index (χ0v) is 13.3. The Bertz CT molecular complexity index is 706. The van der Waals surface area contributed by atoms with Crippen LogP contribution in [0.25, 0.3) is 6.08 Å². The first-order chi connectivity index (χ1) is 11.1. The van der Waals surface area contributed by atoms with E-state index in [2.05, 4.69) is 5.32 Å². The highest BCUT2D eigenvalue weighted by molar-refractivity contribution is 6.30. The number of amides is 1. The van der Waals surface area contributed by atoms with E-state index in [1.54, 1.807) is 30.3 Å². The van der Waals surface area contributed by atoms with E-state index < -0.39 is 11.5 Å². The van der Waals surface area contributed by atoms with Gasteiger partial charge < -0.3 is 10.4 Å². The summed E-state index contributed by atoms with van der Waals surface area (Å²) in [6.45, 7) is 0. The van der Waals surface area contributed by atoms with Gasteiger partial charge in [0, 0.05) is 10.7 Å². The molecule has 0 heterocycles. The summed E-state index contributed by atoms with van der Waals surface area (Å²) in [6, 6.07) is 16.7. The molecule has 0 aliphatic heterocycles. The quantitative estimate of drug-likeness (QED) is 0.867. The summed E-state index contributed by atoms with van der Waals surface area (Å²) >= 11 is 5.84. The van der Waals surface area contributed by atoms with Crippen LogP contribution in [0.15, 0.2) is 60.7 Å². The van der Waals surface area contributed by atoms with Crippen molar-refractivity contribution in [1.82, 2.24) is 0 Å². The largest absolute Gasteiger partial charge is 0.388 e. The van der Waals surface area contributed by atoms with Gasteiger partial charge in [-0.05, 0) is 42.7 Å². The molecule has 1 aliphatic rings. The van der Waals surface area contributed by atoms with Gasteiger partial charge in [0.2, 0.25) is 5.91 Å².